The number of rotatable bonds is 5. The van der Waals surface area contributed by atoms with Crippen LogP contribution in [0.15, 0.2) is 30.3 Å². The number of hydrogen-bond acceptors (Lipinski definition) is 1. The largest absolute Gasteiger partial charge is 0.338 e. The molecule has 0 N–H and O–H groups in total. The molecule has 3 heteroatoms. The molecule has 1 aliphatic rings. The lowest BCUT2D eigenvalue weighted by molar-refractivity contribution is -0.131. The third-order valence-electron chi connectivity index (χ3n) is 3.93. The highest BCUT2D eigenvalue weighted by molar-refractivity contribution is 6.27. The van der Waals surface area contributed by atoms with E-state index in [2.05, 4.69) is 12.1 Å². The monoisotopic (exact) mass is 279 g/mol. The summed E-state index contributed by atoms with van der Waals surface area (Å²) in [4.78, 5) is 14.0. The van der Waals surface area contributed by atoms with Gasteiger partial charge in [-0.05, 0) is 24.8 Å². The minimum atomic E-state index is 0.0875. The van der Waals surface area contributed by atoms with Gasteiger partial charge in [-0.1, -0.05) is 49.6 Å². The van der Waals surface area contributed by atoms with Crippen molar-refractivity contribution in [1.29, 1.82) is 0 Å². The van der Waals surface area contributed by atoms with Gasteiger partial charge in [0.1, 0.15) is 5.88 Å². The Labute approximate surface area is 120 Å². The number of nitrogens with zero attached hydrogens (tertiary/aromatic N) is 1. The van der Waals surface area contributed by atoms with E-state index >= 15 is 0 Å². The fourth-order valence-corrected chi connectivity index (χ4v) is 3.03. The zero-order valence-electron chi connectivity index (χ0n) is 11.4. The molecule has 1 aromatic carbocycles. The van der Waals surface area contributed by atoms with Gasteiger partial charge in [-0.3, -0.25) is 4.79 Å². The van der Waals surface area contributed by atoms with Gasteiger partial charge >= 0.3 is 0 Å². The lowest BCUT2D eigenvalue weighted by Gasteiger charge is -2.34. The lowest BCUT2D eigenvalue weighted by atomic mass is 9.94. The SMILES string of the molecule is O=C(CCl)N(CCc1ccccc1)C1CCCCC1. The van der Waals surface area contributed by atoms with Gasteiger partial charge in [0.2, 0.25) is 5.91 Å². The highest BCUT2D eigenvalue weighted by Crippen LogP contribution is 2.23. The second-order valence-electron chi connectivity index (χ2n) is 5.25. The molecule has 0 atom stereocenters. The van der Waals surface area contributed by atoms with Crippen LogP contribution in [0.3, 0.4) is 0 Å². The number of hydrogen-bond donors (Lipinski definition) is 0. The van der Waals surface area contributed by atoms with Crippen molar-refractivity contribution in [2.45, 2.75) is 44.6 Å². The van der Waals surface area contributed by atoms with Gasteiger partial charge < -0.3 is 4.90 Å². The fourth-order valence-electron chi connectivity index (χ4n) is 2.87. The van der Waals surface area contributed by atoms with Crippen molar-refractivity contribution in [1.82, 2.24) is 4.90 Å². The average Bonchev–Trinajstić information content (AvgIpc) is 2.49. The van der Waals surface area contributed by atoms with Gasteiger partial charge in [0.15, 0.2) is 0 Å². The third-order valence-corrected chi connectivity index (χ3v) is 4.16. The van der Waals surface area contributed by atoms with E-state index in [-0.39, 0.29) is 11.8 Å². The van der Waals surface area contributed by atoms with Crippen LogP contribution < -0.4 is 0 Å². The maximum absolute atomic E-state index is 12.0. The Morgan fingerprint density at radius 3 is 2.47 bits per heavy atom. The Balaban J connectivity index is 1.95. The second kappa shape index (κ2) is 7.54. The summed E-state index contributed by atoms with van der Waals surface area (Å²) < 4.78 is 0. The molecule has 0 heterocycles. The number of benzene rings is 1. The van der Waals surface area contributed by atoms with Crippen LogP contribution in [0.25, 0.3) is 0 Å². The molecular weight excluding hydrogens is 258 g/mol. The van der Waals surface area contributed by atoms with Gasteiger partial charge in [-0.25, -0.2) is 0 Å². The van der Waals surface area contributed by atoms with Crippen molar-refractivity contribution in [3.8, 4) is 0 Å². The third kappa shape index (κ3) is 4.24. The lowest BCUT2D eigenvalue weighted by Crippen LogP contribution is -2.43. The van der Waals surface area contributed by atoms with E-state index in [0.29, 0.717) is 6.04 Å². The summed E-state index contributed by atoms with van der Waals surface area (Å²) in [6.45, 7) is 0.792. The van der Waals surface area contributed by atoms with Crippen molar-refractivity contribution in [2.75, 3.05) is 12.4 Å². The molecule has 0 saturated heterocycles. The smallest absolute Gasteiger partial charge is 0.237 e. The predicted octanol–water partition coefficient (Wildman–Crippen LogP) is 3.63. The standard InChI is InChI=1S/C16H22ClNO/c17-13-16(19)18(15-9-5-2-6-10-15)12-11-14-7-3-1-4-8-14/h1,3-4,7-8,15H,2,5-6,9-13H2. The van der Waals surface area contributed by atoms with Crippen LogP contribution >= 0.6 is 11.6 Å². The van der Waals surface area contributed by atoms with Crippen LogP contribution in [-0.4, -0.2) is 29.3 Å². The van der Waals surface area contributed by atoms with Crippen molar-refractivity contribution < 1.29 is 4.79 Å². The Morgan fingerprint density at radius 2 is 1.84 bits per heavy atom. The number of carbonyl (C=O) groups is 1. The van der Waals surface area contributed by atoms with Crippen LogP contribution in [0, 0.1) is 0 Å². The molecule has 2 rings (SSSR count). The van der Waals surface area contributed by atoms with Crippen LogP contribution in [0.1, 0.15) is 37.7 Å². The van der Waals surface area contributed by atoms with Gasteiger partial charge in [0.25, 0.3) is 0 Å². The van der Waals surface area contributed by atoms with Crippen molar-refractivity contribution in [2.24, 2.45) is 0 Å². The molecule has 0 aliphatic heterocycles. The molecule has 0 spiro atoms. The second-order valence-corrected chi connectivity index (χ2v) is 5.52. The highest BCUT2D eigenvalue weighted by atomic mass is 35.5. The molecule has 0 unspecified atom stereocenters. The van der Waals surface area contributed by atoms with E-state index in [1.165, 1.54) is 24.8 Å². The first-order valence-electron chi connectivity index (χ1n) is 7.20. The van der Waals surface area contributed by atoms with Crippen LogP contribution in [0.4, 0.5) is 0 Å². The summed E-state index contributed by atoms with van der Waals surface area (Å²) in [5, 5.41) is 0. The number of amides is 1. The Bertz CT molecular complexity index is 387. The quantitative estimate of drug-likeness (QED) is 0.754. The first kappa shape index (κ1) is 14.4. The molecule has 1 saturated carbocycles. The van der Waals surface area contributed by atoms with Crippen LogP contribution in [0.5, 0.6) is 0 Å². The van der Waals surface area contributed by atoms with E-state index in [0.717, 1.165) is 25.8 Å². The zero-order chi connectivity index (χ0) is 13.5. The van der Waals surface area contributed by atoms with E-state index in [9.17, 15) is 4.79 Å². The topological polar surface area (TPSA) is 20.3 Å². The average molecular weight is 280 g/mol. The van der Waals surface area contributed by atoms with Gasteiger partial charge in [-0.2, -0.15) is 0 Å². The molecule has 0 bridgehead atoms. The molecule has 1 aromatic rings. The van der Waals surface area contributed by atoms with Crippen molar-refractivity contribution in [3.63, 3.8) is 0 Å². The predicted molar refractivity (Wildman–Crippen MR) is 79.5 cm³/mol. The first-order chi connectivity index (χ1) is 9.31. The number of carbonyl (C=O) groups excluding carboxylic acids is 1. The van der Waals surface area contributed by atoms with E-state index in [1.807, 2.05) is 23.1 Å². The summed E-state index contributed by atoms with van der Waals surface area (Å²) in [5.74, 6) is 0.190. The molecule has 1 aliphatic carbocycles. The van der Waals surface area contributed by atoms with Crippen LogP contribution in [-0.2, 0) is 11.2 Å². The summed E-state index contributed by atoms with van der Waals surface area (Å²) >= 11 is 5.76. The minimum Gasteiger partial charge on any atom is -0.338 e. The molecule has 2 nitrogen and oxygen atoms in total. The molecular formula is C16H22ClNO. The Kier molecular flexibility index (Phi) is 5.71. The maximum Gasteiger partial charge on any atom is 0.237 e. The number of halogens is 1. The highest BCUT2D eigenvalue weighted by Gasteiger charge is 2.24. The maximum atomic E-state index is 12.0. The van der Waals surface area contributed by atoms with Gasteiger partial charge in [0.05, 0.1) is 0 Å². The summed E-state index contributed by atoms with van der Waals surface area (Å²) in [6.07, 6.45) is 6.97. The van der Waals surface area contributed by atoms with E-state index in [1.54, 1.807) is 0 Å². The number of alkyl halides is 1. The van der Waals surface area contributed by atoms with E-state index in [4.69, 9.17) is 11.6 Å². The molecule has 0 radical (unpaired) electrons. The molecule has 0 aromatic heterocycles. The molecule has 1 amide bonds. The summed E-state index contributed by atoms with van der Waals surface area (Å²) in [5.41, 5.74) is 1.28. The molecule has 19 heavy (non-hydrogen) atoms. The Morgan fingerprint density at radius 1 is 1.16 bits per heavy atom. The molecule has 1 fully saturated rings. The van der Waals surface area contributed by atoms with Crippen molar-refractivity contribution >= 4 is 17.5 Å². The summed E-state index contributed by atoms with van der Waals surface area (Å²) in [6, 6.07) is 10.7. The van der Waals surface area contributed by atoms with Crippen LogP contribution in [0.2, 0.25) is 0 Å². The fraction of sp³-hybridized carbons (Fsp3) is 0.562. The van der Waals surface area contributed by atoms with Gasteiger partial charge in [0, 0.05) is 12.6 Å². The normalized spacial score (nSPS) is 16.3. The first-order valence-corrected chi connectivity index (χ1v) is 7.74. The van der Waals surface area contributed by atoms with E-state index < -0.39 is 0 Å². The summed E-state index contributed by atoms with van der Waals surface area (Å²) in [7, 11) is 0. The van der Waals surface area contributed by atoms with Gasteiger partial charge in [-0.15, -0.1) is 11.6 Å². The zero-order valence-corrected chi connectivity index (χ0v) is 12.1. The Hall–Kier alpha value is -1.02. The minimum absolute atomic E-state index is 0.0875. The molecule has 104 valence electrons. The van der Waals surface area contributed by atoms with Crippen molar-refractivity contribution in [3.05, 3.63) is 35.9 Å².